The molecule has 0 spiro atoms. The third-order valence-electron chi connectivity index (χ3n) is 17.4. The normalized spacial score (nSPS) is 14.1. The molecule has 3 N–H and O–H groups in total. The van der Waals surface area contributed by atoms with Gasteiger partial charge in [0.25, 0.3) is 0 Å². The van der Waals surface area contributed by atoms with Crippen molar-refractivity contribution in [2.24, 2.45) is 17.8 Å². The zero-order valence-electron chi connectivity index (χ0n) is 61.4. The smallest absolute Gasteiger partial charge is 0.462 e. The standard InChI is InChI=1S/C75H146O17P2/c1-8-9-10-11-12-13-14-15-16-17-18-19-20-23-29-36-44-51-58-74(79)91-70(62-85-72(77)56-49-42-35-28-24-21-22-26-32-39-46-53-66(2)3)64-89-93(81,82)87-60-69(76)61-88-94(83,84)90-65-71(63-86-73(78)57-50-43-38-31-34-41-48-55-68(6)7)92-75(80)59-52-45-37-30-25-27-33-40-47-54-67(4)5/h66-71,76H,8-65H2,1-7H3,(H,81,82)(H,83,84)/t69-,70-,71-/m1/s1. The first-order valence-electron chi connectivity index (χ1n) is 38.8. The van der Waals surface area contributed by atoms with Gasteiger partial charge in [0.15, 0.2) is 12.2 Å². The SMILES string of the molecule is CCCCCCCCCCCCCCCCCCCCC(=O)O[C@H](COC(=O)CCCCCCCCCCCCCC(C)C)COP(=O)(O)OC[C@@H](O)COP(=O)(O)OC[C@@H](COC(=O)CCCCCCCCCC(C)C)OC(=O)CCCCCCCCCCCC(C)C. The Bertz CT molecular complexity index is 1840. The number of phosphoric ester groups is 2. The van der Waals surface area contributed by atoms with Gasteiger partial charge in [0, 0.05) is 25.7 Å². The number of hydrogen-bond donors (Lipinski definition) is 3. The van der Waals surface area contributed by atoms with E-state index in [-0.39, 0.29) is 25.7 Å². The predicted octanol–water partition coefficient (Wildman–Crippen LogP) is 21.8. The maximum Gasteiger partial charge on any atom is 0.472 e. The lowest BCUT2D eigenvalue weighted by Gasteiger charge is -2.21. The number of carbonyl (C=O) groups is 4. The summed E-state index contributed by atoms with van der Waals surface area (Å²) in [5.41, 5.74) is 0. The molecule has 0 aromatic rings. The van der Waals surface area contributed by atoms with E-state index in [0.717, 1.165) is 108 Å². The Morgan fingerprint density at radius 1 is 0.287 bits per heavy atom. The fourth-order valence-corrected chi connectivity index (χ4v) is 13.0. The summed E-state index contributed by atoms with van der Waals surface area (Å²) in [5.74, 6) is 0.0919. The van der Waals surface area contributed by atoms with Crippen LogP contribution in [0.1, 0.15) is 382 Å². The zero-order valence-corrected chi connectivity index (χ0v) is 63.2. The number of ether oxygens (including phenoxy) is 4. The van der Waals surface area contributed by atoms with E-state index < -0.39 is 97.5 Å². The van der Waals surface area contributed by atoms with E-state index in [1.54, 1.807) is 0 Å². The highest BCUT2D eigenvalue weighted by molar-refractivity contribution is 7.47. The van der Waals surface area contributed by atoms with Crippen LogP contribution in [0, 0.1) is 17.8 Å². The van der Waals surface area contributed by atoms with Crippen LogP contribution in [0.2, 0.25) is 0 Å². The van der Waals surface area contributed by atoms with Gasteiger partial charge in [-0.1, -0.05) is 331 Å². The number of aliphatic hydroxyl groups is 1. The van der Waals surface area contributed by atoms with Crippen LogP contribution in [0.15, 0.2) is 0 Å². The molecule has 0 aromatic heterocycles. The highest BCUT2D eigenvalue weighted by atomic mass is 31.2. The Balaban J connectivity index is 5.24. The third-order valence-corrected chi connectivity index (χ3v) is 19.3. The van der Waals surface area contributed by atoms with Crippen LogP contribution in [0.3, 0.4) is 0 Å². The molecule has 0 rings (SSSR count). The van der Waals surface area contributed by atoms with Crippen LogP contribution in [0.5, 0.6) is 0 Å². The molecule has 0 aromatic carbocycles. The number of carbonyl (C=O) groups excluding carboxylic acids is 4. The van der Waals surface area contributed by atoms with Crippen LogP contribution in [-0.4, -0.2) is 96.7 Å². The van der Waals surface area contributed by atoms with Gasteiger partial charge in [-0.3, -0.25) is 37.3 Å². The van der Waals surface area contributed by atoms with E-state index in [1.807, 2.05) is 0 Å². The van der Waals surface area contributed by atoms with E-state index in [2.05, 4.69) is 48.5 Å². The van der Waals surface area contributed by atoms with Crippen LogP contribution in [-0.2, 0) is 65.4 Å². The second-order valence-corrected chi connectivity index (χ2v) is 31.4. The Kier molecular flexibility index (Phi) is 64.3. The van der Waals surface area contributed by atoms with Crippen LogP contribution in [0.4, 0.5) is 0 Å². The molecular weight excluding hydrogens is 1230 g/mol. The molecule has 0 saturated carbocycles. The largest absolute Gasteiger partial charge is 0.472 e. The quantitative estimate of drug-likeness (QED) is 0.0222. The minimum absolute atomic E-state index is 0.104. The number of unbranched alkanes of at least 4 members (excludes halogenated alkanes) is 41. The lowest BCUT2D eigenvalue weighted by Crippen LogP contribution is -2.30. The average Bonchev–Trinajstić information content (AvgIpc) is 1.34. The van der Waals surface area contributed by atoms with E-state index >= 15 is 0 Å². The van der Waals surface area contributed by atoms with Crippen molar-refractivity contribution >= 4 is 39.5 Å². The van der Waals surface area contributed by atoms with Gasteiger partial charge in [0.05, 0.1) is 26.4 Å². The van der Waals surface area contributed by atoms with Crippen LogP contribution < -0.4 is 0 Å². The number of phosphoric acid groups is 2. The molecule has 0 saturated heterocycles. The van der Waals surface area contributed by atoms with Gasteiger partial charge in [-0.05, 0) is 43.4 Å². The molecule has 0 bridgehead atoms. The van der Waals surface area contributed by atoms with Gasteiger partial charge >= 0.3 is 39.5 Å². The Morgan fingerprint density at radius 3 is 0.723 bits per heavy atom. The molecule has 2 unspecified atom stereocenters. The molecule has 0 fully saturated rings. The summed E-state index contributed by atoms with van der Waals surface area (Å²) in [4.78, 5) is 72.7. The summed E-state index contributed by atoms with van der Waals surface area (Å²) in [5, 5.41) is 10.6. The molecule has 0 heterocycles. The second kappa shape index (κ2) is 65.7. The minimum atomic E-state index is -4.96. The topological polar surface area (TPSA) is 237 Å². The van der Waals surface area contributed by atoms with Crippen molar-refractivity contribution in [3.05, 3.63) is 0 Å². The highest BCUT2D eigenvalue weighted by Gasteiger charge is 2.30. The number of hydrogen-bond acceptors (Lipinski definition) is 15. The average molecular weight is 1380 g/mol. The summed E-state index contributed by atoms with van der Waals surface area (Å²) in [6.45, 7) is 11.8. The van der Waals surface area contributed by atoms with Gasteiger partial charge < -0.3 is 33.8 Å². The molecule has 17 nitrogen and oxygen atoms in total. The molecule has 558 valence electrons. The van der Waals surface area contributed by atoms with Crippen molar-refractivity contribution in [3.8, 4) is 0 Å². The van der Waals surface area contributed by atoms with Crippen LogP contribution in [0.25, 0.3) is 0 Å². The zero-order chi connectivity index (χ0) is 69.4. The van der Waals surface area contributed by atoms with Crippen molar-refractivity contribution in [2.75, 3.05) is 39.6 Å². The van der Waals surface area contributed by atoms with Crippen molar-refractivity contribution in [1.29, 1.82) is 0 Å². The molecule has 5 atom stereocenters. The maximum absolute atomic E-state index is 13.1. The fourth-order valence-electron chi connectivity index (χ4n) is 11.4. The molecule has 94 heavy (non-hydrogen) atoms. The van der Waals surface area contributed by atoms with Gasteiger partial charge in [-0.25, -0.2) is 9.13 Å². The Hall–Kier alpha value is -1.94. The van der Waals surface area contributed by atoms with E-state index in [1.165, 1.54) is 186 Å². The molecule has 0 amide bonds. The van der Waals surface area contributed by atoms with Crippen LogP contribution >= 0.6 is 15.6 Å². The molecule has 19 heteroatoms. The van der Waals surface area contributed by atoms with Crippen molar-refractivity contribution in [1.82, 2.24) is 0 Å². The number of aliphatic hydroxyl groups excluding tert-OH is 1. The van der Waals surface area contributed by atoms with Gasteiger partial charge in [-0.2, -0.15) is 0 Å². The first-order chi connectivity index (χ1) is 45.2. The first-order valence-corrected chi connectivity index (χ1v) is 41.8. The van der Waals surface area contributed by atoms with Gasteiger partial charge in [-0.15, -0.1) is 0 Å². The summed E-state index contributed by atoms with van der Waals surface area (Å²) in [7, 11) is -9.91. The summed E-state index contributed by atoms with van der Waals surface area (Å²) < 4.78 is 68.5. The van der Waals surface area contributed by atoms with E-state index in [9.17, 15) is 43.2 Å². The van der Waals surface area contributed by atoms with Crippen molar-refractivity contribution in [3.63, 3.8) is 0 Å². The van der Waals surface area contributed by atoms with E-state index in [4.69, 9.17) is 37.0 Å². The lowest BCUT2D eigenvalue weighted by atomic mass is 10.0. The Labute approximate surface area is 575 Å². The first kappa shape index (κ1) is 92.1. The summed E-state index contributed by atoms with van der Waals surface area (Å²) >= 11 is 0. The molecular formula is C75H146O17P2. The van der Waals surface area contributed by atoms with Crippen molar-refractivity contribution < 1.29 is 80.2 Å². The lowest BCUT2D eigenvalue weighted by molar-refractivity contribution is -0.161. The molecule has 0 aliphatic heterocycles. The van der Waals surface area contributed by atoms with Crippen molar-refractivity contribution in [2.45, 2.75) is 401 Å². The summed E-state index contributed by atoms with van der Waals surface area (Å²) in [6, 6.07) is 0. The predicted molar refractivity (Wildman–Crippen MR) is 381 cm³/mol. The molecule has 0 radical (unpaired) electrons. The highest BCUT2D eigenvalue weighted by Crippen LogP contribution is 2.45. The molecule has 0 aliphatic rings. The number of rotatable bonds is 73. The minimum Gasteiger partial charge on any atom is -0.462 e. The van der Waals surface area contributed by atoms with Gasteiger partial charge in [0.2, 0.25) is 0 Å². The maximum atomic E-state index is 13.1. The summed E-state index contributed by atoms with van der Waals surface area (Å²) in [6.07, 6.45) is 51.5. The molecule has 0 aliphatic carbocycles. The van der Waals surface area contributed by atoms with Gasteiger partial charge in [0.1, 0.15) is 19.3 Å². The number of esters is 4. The fraction of sp³-hybridized carbons (Fsp3) is 0.947. The third kappa shape index (κ3) is 68.6. The van der Waals surface area contributed by atoms with E-state index in [0.29, 0.717) is 31.6 Å². The second-order valence-electron chi connectivity index (χ2n) is 28.5. The monoisotopic (exact) mass is 1380 g/mol. The Morgan fingerprint density at radius 2 is 0.489 bits per heavy atom.